The van der Waals surface area contributed by atoms with Gasteiger partial charge in [-0.15, -0.1) is 0 Å². The molecule has 0 atom stereocenters. The molecule has 1 amide bonds. The highest BCUT2D eigenvalue weighted by atomic mass is 32.2. The Morgan fingerprint density at radius 3 is 2.48 bits per heavy atom. The van der Waals surface area contributed by atoms with Gasteiger partial charge in [-0.3, -0.25) is 9.10 Å². The van der Waals surface area contributed by atoms with Crippen molar-refractivity contribution in [3.8, 4) is 11.5 Å². The summed E-state index contributed by atoms with van der Waals surface area (Å²) in [6.45, 7) is 2.25. The van der Waals surface area contributed by atoms with Crippen molar-refractivity contribution < 1.29 is 22.7 Å². The molecule has 23 heavy (non-hydrogen) atoms. The van der Waals surface area contributed by atoms with Crippen LogP contribution in [-0.2, 0) is 14.8 Å². The second-order valence-corrected chi connectivity index (χ2v) is 6.88. The van der Waals surface area contributed by atoms with Crippen LogP contribution >= 0.6 is 0 Å². The minimum atomic E-state index is -3.52. The van der Waals surface area contributed by atoms with Crippen LogP contribution in [0.25, 0.3) is 0 Å². The van der Waals surface area contributed by atoms with Crippen molar-refractivity contribution in [3.05, 3.63) is 18.2 Å². The van der Waals surface area contributed by atoms with Crippen molar-refractivity contribution in [3.63, 3.8) is 0 Å². The van der Waals surface area contributed by atoms with E-state index in [0.29, 0.717) is 23.6 Å². The van der Waals surface area contributed by atoms with Crippen LogP contribution in [0.2, 0.25) is 0 Å². The topological polar surface area (TPSA) is 84.9 Å². The molecule has 0 spiro atoms. The third kappa shape index (κ3) is 5.63. The molecule has 0 fully saturated rings. The van der Waals surface area contributed by atoms with E-state index in [2.05, 4.69) is 5.32 Å². The van der Waals surface area contributed by atoms with Gasteiger partial charge in [0.1, 0.15) is 11.5 Å². The minimum Gasteiger partial charge on any atom is -0.497 e. The van der Waals surface area contributed by atoms with E-state index in [9.17, 15) is 13.2 Å². The summed E-state index contributed by atoms with van der Waals surface area (Å²) in [4.78, 5) is 11.5. The van der Waals surface area contributed by atoms with Crippen LogP contribution in [0.1, 0.15) is 19.8 Å². The van der Waals surface area contributed by atoms with E-state index in [0.717, 1.165) is 12.7 Å². The molecule has 8 heteroatoms. The average molecular weight is 344 g/mol. The lowest BCUT2D eigenvalue weighted by Gasteiger charge is -2.24. The summed E-state index contributed by atoms with van der Waals surface area (Å²) in [6, 6.07) is 4.89. The van der Waals surface area contributed by atoms with E-state index in [4.69, 9.17) is 9.47 Å². The maximum absolute atomic E-state index is 12.1. The first kappa shape index (κ1) is 19.1. The maximum Gasteiger partial charge on any atom is 0.232 e. The highest BCUT2D eigenvalue weighted by Crippen LogP contribution is 2.33. The first-order chi connectivity index (χ1) is 10.8. The van der Waals surface area contributed by atoms with Gasteiger partial charge < -0.3 is 14.8 Å². The van der Waals surface area contributed by atoms with Crippen molar-refractivity contribution in [2.24, 2.45) is 0 Å². The van der Waals surface area contributed by atoms with Crippen LogP contribution in [0.4, 0.5) is 5.69 Å². The van der Waals surface area contributed by atoms with E-state index >= 15 is 0 Å². The van der Waals surface area contributed by atoms with Crippen molar-refractivity contribution in [2.75, 3.05) is 37.9 Å². The Morgan fingerprint density at radius 2 is 1.96 bits per heavy atom. The minimum absolute atomic E-state index is 0.0948. The van der Waals surface area contributed by atoms with Gasteiger partial charge in [0.05, 0.1) is 32.7 Å². The molecule has 0 saturated carbocycles. The van der Waals surface area contributed by atoms with E-state index in [1.165, 1.54) is 18.5 Å². The zero-order valence-electron chi connectivity index (χ0n) is 14.0. The molecule has 0 bridgehead atoms. The number of benzene rings is 1. The number of nitrogens with zero attached hydrogens (tertiary/aromatic N) is 1. The molecular formula is C15H24N2O5S. The molecular weight excluding hydrogens is 320 g/mol. The molecule has 130 valence electrons. The van der Waals surface area contributed by atoms with Gasteiger partial charge in [-0.05, 0) is 18.6 Å². The molecule has 1 rings (SSSR count). The van der Waals surface area contributed by atoms with E-state index in [-0.39, 0.29) is 19.0 Å². The lowest BCUT2D eigenvalue weighted by Crippen LogP contribution is -2.38. The van der Waals surface area contributed by atoms with Crippen LogP contribution in [0.3, 0.4) is 0 Å². The second-order valence-electron chi connectivity index (χ2n) is 4.97. The summed E-state index contributed by atoms with van der Waals surface area (Å²) in [5.41, 5.74) is 0.403. The van der Waals surface area contributed by atoms with Gasteiger partial charge in [-0.1, -0.05) is 6.92 Å². The van der Waals surface area contributed by atoms with E-state index in [1.807, 2.05) is 6.92 Å². The zero-order valence-corrected chi connectivity index (χ0v) is 14.8. The van der Waals surface area contributed by atoms with Crippen LogP contribution < -0.4 is 19.1 Å². The lowest BCUT2D eigenvalue weighted by atomic mass is 10.2. The number of amides is 1. The Balaban J connectivity index is 2.97. The van der Waals surface area contributed by atoms with Gasteiger partial charge in [0, 0.05) is 19.0 Å². The van der Waals surface area contributed by atoms with Gasteiger partial charge in [0.25, 0.3) is 0 Å². The van der Waals surface area contributed by atoms with Crippen molar-refractivity contribution in [1.82, 2.24) is 5.32 Å². The number of rotatable bonds is 9. The van der Waals surface area contributed by atoms with Crippen molar-refractivity contribution >= 4 is 21.6 Å². The normalized spacial score (nSPS) is 11.0. The first-order valence-corrected chi connectivity index (χ1v) is 9.14. The molecule has 0 heterocycles. The Kier molecular flexibility index (Phi) is 7.15. The van der Waals surface area contributed by atoms with Gasteiger partial charge >= 0.3 is 0 Å². The first-order valence-electron chi connectivity index (χ1n) is 7.30. The van der Waals surface area contributed by atoms with E-state index < -0.39 is 10.0 Å². The maximum atomic E-state index is 12.1. The molecule has 0 unspecified atom stereocenters. The molecule has 0 aromatic heterocycles. The van der Waals surface area contributed by atoms with Gasteiger partial charge in [-0.25, -0.2) is 8.42 Å². The number of anilines is 1. The number of hydrogen-bond donors (Lipinski definition) is 1. The molecule has 1 N–H and O–H groups in total. The molecule has 0 aliphatic rings. The summed E-state index contributed by atoms with van der Waals surface area (Å²) in [6.07, 6.45) is 2.28. The molecule has 0 saturated heterocycles. The van der Waals surface area contributed by atoms with Crippen molar-refractivity contribution in [1.29, 1.82) is 0 Å². The standard InChI is InChI=1S/C15H24N2O5S/c1-5-6-15(18)16-9-10-17(23(4,19)20)13-8-7-12(21-2)11-14(13)22-3/h7-8,11H,5-6,9-10H2,1-4H3,(H,16,18). The highest BCUT2D eigenvalue weighted by Gasteiger charge is 2.21. The average Bonchev–Trinajstić information content (AvgIpc) is 2.50. The zero-order chi connectivity index (χ0) is 17.5. The number of nitrogens with one attached hydrogen (secondary N) is 1. The largest absolute Gasteiger partial charge is 0.497 e. The third-order valence-corrected chi connectivity index (χ3v) is 4.35. The smallest absolute Gasteiger partial charge is 0.232 e. The van der Waals surface area contributed by atoms with Crippen molar-refractivity contribution in [2.45, 2.75) is 19.8 Å². The van der Waals surface area contributed by atoms with Gasteiger partial charge in [0.2, 0.25) is 15.9 Å². The summed E-state index contributed by atoms with van der Waals surface area (Å²) >= 11 is 0. The Hall–Kier alpha value is -1.96. The summed E-state index contributed by atoms with van der Waals surface area (Å²) in [7, 11) is -0.539. The summed E-state index contributed by atoms with van der Waals surface area (Å²) < 4.78 is 35.7. The van der Waals surface area contributed by atoms with Crippen LogP contribution in [0, 0.1) is 0 Å². The Labute approximate surface area is 137 Å². The van der Waals surface area contributed by atoms with E-state index in [1.54, 1.807) is 18.2 Å². The number of carbonyl (C=O) groups is 1. The fourth-order valence-electron chi connectivity index (χ4n) is 2.07. The summed E-state index contributed by atoms with van der Waals surface area (Å²) in [5, 5.41) is 2.71. The third-order valence-electron chi connectivity index (χ3n) is 3.17. The molecule has 0 aliphatic heterocycles. The highest BCUT2D eigenvalue weighted by molar-refractivity contribution is 7.92. The van der Waals surface area contributed by atoms with Crippen LogP contribution in [0.5, 0.6) is 11.5 Å². The fraction of sp³-hybridized carbons (Fsp3) is 0.533. The SMILES string of the molecule is CCCC(=O)NCCN(c1ccc(OC)cc1OC)S(C)(=O)=O. The fourth-order valence-corrected chi connectivity index (χ4v) is 3.00. The molecule has 1 aromatic rings. The van der Waals surface area contributed by atoms with Crippen LogP contribution in [0.15, 0.2) is 18.2 Å². The predicted octanol–water partition coefficient (Wildman–Crippen LogP) is 1.39. The molecule has 0 aliphatic carbocycles. The second kappa shape index (κ2) is 8.61. The number of sulfonamides is 1. The number of ether oxygens (including phenoxy) is 2. The summed E-state index contributed by atoms with van der Waals surface area (Å²) in [5.74, 6) is 0.854. The molecule has 0 radical (unpaired) electrons. The molecule has 7 nitrogen and oxygen atoms in total. The Morgan fingerprint density at radius 1 is 1.26 bits per heavy atom. The predicted molar refractivity (Wildman–Crippen MR) is 89.7 cm³/mol. The number of methoxy groups -OCH3 is 2. The van der Waals surface area contributed by atoms with Crippen LogP contribution in [-0.4, -0.2) is 47.9 Å². The monoisotopic (exact) mass is 344 g/mol. The number of carbonyl (C=O) groups excluding carboxylic acids is 1. The van der Waals surface area contributed by atoms with Gasteiger partial charge in [-0.2, -0.15) is 0 Å². The number of hydrogen-bond acceptors (Lipinski definition) is 5. The van der Waals surface area contributed by atoms with Gasteiger partial charge in [0.15, 0.2) is 0 Å². The lowest BCUT2D eigenvalue weighted by molar-refractivity contribution is -0.121. The Bertz CT molecular complexity index is 631. The molecule has 1 aromatic carbocycles. The quantitative estimate of drug-likeness (QED) is 0.732.